The Labute approximate surface area is 160 Å². The second-order valence-corrected chi connectivity index (χ2v) is 9.93. The predicted molar refractivity (Wildman–Crippen MR) is 83.4 cm³/mol. The van der Waals surface area contributed by atoms with Crippen LogP contribution in [0.2, 0.25) is 0 Å². The minimum atomic E-state index is -5.84. The van der Waals surface area contributed by atoms with Gasteiger partial charge in [0.25, 0.3) is 7.82 Å². The molecule has 7 atom stereocenters. The molecule has 0 bridgehead atoms. The van der Waals surface area contributed by atoms with Crippen molar-refractivity contribution in [3.63, 3.8) is 0 Å². The summed E-state index contributed by atoms with van der Waals surface area (Å²) in [6.07, 6.45) is -16.1. The maximum absolute atomic E-state index is 11.1. The number of aliphatic hydroxyl groups excluding tert-OH is 2. The number of hydrogen-bond donors (Lipinski definition) is 10. The third kappa shape index (κ3) is 9.99. The molecular weight excluding hydrogens is 498 g/mol. The van der Waals surface area contributed by atoms with Crippen LogP contribution >= 0.6 is 31.3 Å². The van der Waals surface area contributed by atoms with E-state index in [4.69, 9.17) is 34.3 Å². The maximum atomic E-state index is 11.1. The topological polar surface area (TPSA) is 347 Å². The Morgan fingerprint density at radius 1 is 0.552 bits per heavy atom. The summed E-state index contributed by atoms with van der Waals surface area (Å²) in [7, 11) is -22.8. The van der Waals surface area contributed by atoms with Gasteiger partial charge in [0, 0.05) is 0 Å². The lowest BCUT2D eigenvalue weighted by Crippen LogP contribution is -2.65. The SMILES string of the molecule is O=P([O-])(O)O[C@H]1[C@@H](O)[C@@H](O)[C@H](OP(=O)(O)O)[C@@H](OP(=O)(O)O)[C@@H]1OP(=O)(O)O.[NH4+]. The van der Waals surface area contributed by atoms with Crippen molar-refractivity contribution < 1.29 is 85.7 Å². The van der Waals surface area contributed by atoms with Gasteiger partial charge in [-0.05, 0) is 0 Å². The molecule has 1 unspecified atom stereocenters. The van der Waals surface area contributed by atoms with Gasteiger partial charge in [-0.3, -0.25) is 18.1 Å². The van der Waals surface area contributed by atoms with Gasteiger partial charge in [0.15, 0.2) is 0 Å². The molecule has 29 heavy (non-hydrogen) atoms. The van der Waals surface area contributed by atoms with Crippen molar-refractivity contribution in [3.8, 4) is 0 Å². The van der Waals surface area contributed by atoms with Crippen LogP contribution in [0.4, 0.5) is 0 Å². The van der Waals surface area contributed by atoms with E-state index in [1.165, 1.54) is 0 Å². The summed E-state index contributed by atoms with van der Waals surface area (Å²) < 4.78 is 60.3. The fourth-order valence-corrected chi connectivity index (χ4v) is 4.49. The molecule has 19 nitrogen and oxygen atoms in total. The first-order valence-corrected chi connectivity index (χ1v) is 12.6. The molecule has 0 amide bonds. The van der Waals surface area contributed by atoms with Crippen LogP contribution in [-0.4, -0.2) is 81.1 Å². The molecule has 1 fully saturated rings. The van der Waals surface area contributed by atoms with Gasteiger partial charge in [0.2, 0.25) is 0 Å². The van der Waals surface area contributed by atoms with E-state index >= 15 is 0 Å². The average Bonchev–Trinajstić information content (AvgIpc) is 2.39. The van der Waals surface area contributed by atoms with E-state index < -0.39 is 67.9 Å². The van der Waals surface area contributed by atoms with Crippen LogP contribution in [0.25, 0.3) is 0 Å². The zero-order chi connectivity index (χ0) is 22.3. The highest BCUT2D eigenvalue weighted by Crippen LogP contribution is 2.52. The van der Waals surface area contributed by atoms with Crippen LogP contribution in [0.5, 0.6) is 0 Å². The third-order valence-corrected chi connectivity index (χ3v) is 5.09. The lowest BCUT2D eigenvalue weighted by Gasteiger charge is -2.46. The minimum absolute atomic E-state index is 0. The second kappa shape index (κ2) is 9.85. The fourth-order valence-electron chi connectivity index (χ4n) is 2.27. The first-order chi connectivity index (χ1) is 12.2. The smallest absolute Gasteiger partial charge is 0.470 e. The molecule has 13 N–H and O–H groups in total. The van der Waals surface area contributed by atoms with Gasteiger partial charge in [-0.25, -0.2) is 13.7 Å². The lowest BCUT2D eigenvalue weighted by atomic mass is 9.85. The van der Waals surface area contributed by atoms with Gasteiger partial charge in [-0.2, -0.15) is 0 Å². The molecule has 0 aromatic rings. The highest BCUT2D eigenvalue weighted by Gasteiger charge is 2.58. The minimum Gasteiger partial charge on any atom is -0.756 e. The Kier molecular flexibility index (Phi) is 9.96. The number of aliphatic hydroxyl groups is 2. The van der Waals surface area contributed by atoms with Gasteiger partial charge < -0.3 is 60.0 Å². The molecular formula is C6H19NO18P4. The van der Waals surface area contributed by atoms with Crippen LogP contribution in [-0.2, 0) is 36.4 Å². The Morgan fingerprint density at radius 3 is 1.03 bits per heavy atom. The summed E-state index contributed by atoms with van der Waals surface area (Å²) in [5, 5.41) is 19.8. The number of quaternary nitrogens is 1. The van der Waals surface area contributed by atoms with Gasteiger partial charge in [-0.15, -0.1) is 0 Å². The van der Waals surface area contributed by atoms with Gasteiger partial charge in [0.05, 0.1) is 0 Å². The first-order valence-electron chi connectivity index (χ1n) is 6.50. The monoisotopic (exact) mass is 517 g/mol. The van der Waals surface area contributed by atoms with Crippen LogP contribution in [0.15, 0.2) is 0 Å². The largest absolute Gasteiger partial charge is 0.756 e. The molecule has 0 spiro atoms. The summed E-state index contributed by atoms with van der Waals surface area (Å²) >= 11 is 0. The third-order valence-electron chi connectivity index (χ3n) is 3.03. The van der Waals surface area contributed by atoms with Crippen molar-refractivity contribution in [1.29, 1.82) is 0 Å². The average molecular weight is 517 g/mol. The highest BCUT2D eigenvalue weighted by molar-refractivity contribution is 7.47. The molecule has 1 rings (SSSR count). The van der Waals surface area contributed by atoms with Crippen LogP contribution in [0.3, 0.4) is 0 Å². The maximum Gasteiger partial charge on any atom is 0.470 e. The van der Waals surface area contributed by atoms with E-state index in [1.54, 1.807) is 0 Å². The van der Waals surface area contributed by atoms with Gasteiger partial charge in [-0.1, -0.05) is 0 Å². The van der Waals surface area contributed by atoms with Crippen molar-refractivity contribution in [3.05, 3.63) is 0 Å². The summed E-state index contributed by atoms with van der Waals surface area (Å²) in [5.74, 6) is 0. The van der Waals surface area contributed by atoms with E-state index in [0.29, 0.717) is 0 Å². The molecule has 23 heteroatoms. The summed E-state index contributed by atoms with van der Waals surface area (Å²) in [6.45, 7) is 0. The summed E-state index contributed by atoms with van der Waals surface area (Å²) in [4.78, 5) is 73.0. The lowest BCUT2D eigenvalue weighted by molar-refractivity contribution is -0.252. The van der Waals surface area contributed by atoms with E-state index in [-0.39, 0.29) is 6.15 Å². The molecule has 1 saturated carbocycles. The van der Waals surface area contributed by atoms with Crippen molar-refractivity contribution in [2.45, 2.75) is 36.6 Å². The van der Waals surface area contributed by atoms with Crippen LogP contribution in [0.1, 0.15) is 0 Å². The normalized spacial score (nSPS) is 33.6. The molecule has 1 aliphatic carbocycles. The number of phosphoric acid groups is 4. The molecule has 0 saturated heterocycles. The standard InChI is InChI=1S/C6H16O18P4.H3N/c7-1-2(8)4(22-26(12,13)14)6(24-28(18,19)20)5(23-27(15,16)17)3(1)21-25(9,10)11;/h1-8H,(H2,9,10,11)(H2,12,13,14)(H2,15,16,17)(H2,18,19,20);1H3/t1-,2+,3-,4-,5+,6+;/m0./s1. The van der Waals surface area contributed by atoms with Gasteiger partial charge >= 0.3 is 23.5 Å². The molecule has 1 aliphatic rings. The molecule has 0 radical (unpaired) electrons. The number of hydrogen-bond acceptors (Lipinski definition) is 11. The van der Waals surface area contributed by atoms with E-state index in [2.05, 4.69) is 18.1 Å². The zero-order valence-electron chi connectivity index (χ0n) is 14.0. The molecule has 0 heterocycles. The number of phosphoric ester groups is 4. The summed E-state index contributed by atoms with van der Waals surface area (Å²) in [6, 6.07) is 0. The Morgan fingerprint density at radius 2 is 0.793 bits per heavy atom. The first kappa shape index (κ1) is 29.3. The number of rotatable bonds is 8. The molecule has 0 aliphatic heterocycles. The van der Waals surface area contributed by atoms with Gasteiger partial charge in [0.1, 0.15) is 36.6 Å². The fraction of sp³-hybridized carbons (Fsp3) is 1.00. The van der Waals surface area contributed by atoms with Crippen LogP contribution < -0.4 is 11.0 Å². The molecule has 176 valence electrons. The Balaban J connectivity index is 0.00000784. The zero-order valence-corrected chi connectivity index (χ0v) is 17.5. The second-order valence-electron chi connectivity index (χ2n) is 5.20. The highest BCUT2D eigenvalue weighted by atomic mass is 31.2. The van der Waals surface area contributed by atoms with E-state index in [0.717, 1.165) is 0 Å². The quantitative estimate of drug-likeness (QED) is 0.139. The predicted octanol–water partition coefficient (Wildman–Crippen LogP) is -3.62. The molecule has 0 aromatic carbocycles. The van der Waals surface area contributed by atoms with Crippen molar-refractivity contribution in [1.82, 2.24) is 6.15 Å². The van der Waals surface area contributed by atoms with E-state index in [9.17, 15) is 33.4 Å². The van der Waals surface area contributed by atoms with Crippen LogP contribution in [0, 0.1) is 0 Å². The van der Waals surface area contributed by atoms with E-state index in [1.807, 2.05) is 0 Å². The Hall–Kier alpha value is 0.320. The summed E-state index contributed by atoms with van der Waals surface area (Å²) in [5.41, 5.74) is 0. The van der Waals surface area contributed by atoms with Crippen molar-refractivity contribution >= 4 is 31.3 Å². The van der Waals surface area contributed by atoms with Crippen molar-refractivity contribution in [2.75, 3.05) is 0 Å². The van der Waals surface area contributed by atoms with Crippen molar-refractivity contribution in [2.24, 2.45) is 0 Å². The Bertz CT molecular complexity index is 671. The molecule has 0 aromatic heterocycles.